The van der Waals surface area contributed by atoms with Gasteiger partial charge >= 0.3 is 0 Å². The van der Waals surface area contributed by atoms with Crippen molar-refractivity contribution in [2.75, 3.05) is 24.4 Å². The molecule has 2 aromatic carbocycles. The Labute approximate surface area is 166 Å². The van der Waals surface area contributed by atoms with E-state index in [1.807, 2.05) is 11.0 Å². The molecule has 0 radical (unpaired) electrons. The lowest BCUT2D eigenvalue weighted by atomic mass is 10.1. The van der Waals surface area contributed by atoms with E-state index in [1.165, 1.54) is 29.9 Å². The number of hydrogen-bond donors (Lipinski definition) is 1. The zero-order valence-corrected chi connectivity index (χ0v) is 16.7. The van der Waals surface area contributed by atoms with E-state index in [9.17, 15) is 13.2 Å². The number of sulfonamides is 1. The highest BCUT2D eigenvalue weighted by atomic mass is 32.2. The normalized spacial score (nSPS) is 22.0. The standard InChI is InChI=1S/C21H25N3O3S/c1-23(19-7-3-2-4-8-19)28(26,27)20-9-5-6-16(14-20)21(25)24-13-12-17-10-11-18(15-24)22-17/h2-9,14,17-18,22H,10-13,15H2,1H3. The van der Waals surface area contributed by atoms with Gasteiger partial charge < -0.3 is 10.2 Å². The molecule has 0 aromatic heterocycles. The Morgan fingerprint density at radius 2 is 1.79 bits per heavy atom. The minimum absolute atomic E-state index is 0.103. The van der Waals surface area contributed by atoms with Gasteiger partial charge in [-0.3, -0.25) is 9.10 Å². The summed E-state index contributed by atoms with van der Waals surface area (Å²) in [5.41, 5.74) is 0.995. The molecular weight excluding hydrogens is 374 g/mol. The summed E-state index contributed by atoms with van der Waals surface area (Å²) < 4.78 is 27.3. The van der Waals surface area contributed by atoms with Crippen molar-refractivity contribution in [2.24, 2.45) is 0 Å². The molecule has 0 saturated carbocycles. The van der Waals surface area contributed by atoms with E-state index in [-0.39, 0.29) is 10.8 Å². The van der Waals surface area contributed by atoms with Crippen LogP contribution >= 0.6 is 0 Å². The van der Waals surface area contributed by atoms with Crippen LogP contribution in [0, 0.1) is 0 Å². The van der Waals surface area contributed by atoms with Gasteiger partial charge in [0, 0.05) is 37.8 Å². The predicted molar refractivity (Wildman–Crippen MR) is 109 cm³/mol. The average Bonchev–Trinajstić information content (AvgIpc) is 3.06. The zero-order chi connectivity index (χ0) is 19.7. The number of hydrogen-bond acceptors (Lipinski definition) is 4. The van der Waals surface area contributed by atoms with Crippen LogP contribution in [0.25, 0.3) is 0 Å². The highest BCUT2D eigenvalue weighted by Gasteiger charge is 2.32. The van der Waals surface area contributed by atoms with E-state index < -0.39 is 10.0 Å². The smallest absolute Gasteiger partial charge is 0.264 e. The second-order valence-electron chi connectivity index (χ2n) is 7.51. The number of anilines is 1. The highest BCUT2D eigenvalue weighted by molar-refractivity contribution is 7.92. The molecule has 148 valence electrons. The molecule has 2 aromatic rings. The maximum atomic E-state index is 13.0. The van der Waals surface area contributed by atoms with Gasteiger partial charge in [-0.2, -0.15) is 0 Å². The molecule has 2 aliphatic heterocycles. The van der Waals surface area contributed by atoms with Crippen LogP contribution in [0.4, 0.5) is 5.69 Å². The molecule has 2 unspecified atom stereocenters. The number of para-hydroxylation sites is 1. The molecule has 2 fully saturated rings. The Morgan fingerprint density at radius 3 is 2.57 bits per heavy atom. The third-order valence-corrected chi connectivity index (χ3v) is 7.45. The van der Waals surface area contributed by atoms with Gasteiger partial charge in [-0.15, -0.1) is 0 Å². The van der Waals surface area contributed by atoms with Crippen molar-refractivity contribution in [2.45, 2.75) is 36.2 Å². The van der Waals surface area contributed by atoms with Crippen molar-refractivity contribution in [1.29, 1.82) is 0 Å². The van der Waals surface area contributed by atoms with E-state index in [1.54, 1.807) is 36.4 Å². The van der Waals surface area contributed by atoms with E-state index in [0.717, 1.165) is 12.8 Å². The van der Waals surface area contributed by atoms with Crippen LogP contribution in [0.15, 0.2) is 59.5 Å². The predicted octanol–water partition coefficient (Wildman–Crippen LogP) is 2.48. The molecule has 0 spiro atoms. The molecule has 1 amide bonds. The van der Waals surface area contributed by atoms with Gasteiger partial charge in [0.1, 0.15) is 0 Å². The Morgan fingerprint density at radius 1 is 1.04 bits per heavy atom. The first-order valence-corrected chi connectivity index (χ1v) is 11.1. The quantitative estimate of drug-likeness (QED) is 0.858. The summed E-state index contributed by atoms with van der Waals surface area (Å²) in [4.78, 5) is 15.0. The third kappa shape index (κ3) is 3.64. The number of rotatable bonds is 4. The first kappa shape index (κ1) is 19.0. The molecule has 2 atom stereocenters. The summed E-state index contributed by atoms with van der Waals surface area (Å²) in [5.74, 6) is -0.103. The monoisotopic (exact) mass is 399 g/mol. The summed E-state index contributed by atoms with van der Waals surface area (Å²) in [6.07, 6.45) is 3.20. The first-order valence-electron chi connectivity index (χ1n) is 9.64. The number of fused-ring (bicyclic) bond motifs is 2. The number of carbonyl (C=O) groups is 1. The summed E-state index contributed by atoms with van der Waals surface area (Å²) in [6, 6.07) is 16.1. The molecular formula is C21H25N3O3S. The highest BCUT2D eigenvalue weighted by Crippen LogP contribution is 2.24. The Balaban J connectivity index is 1.58. The fourth-order valence-electron chi connectivity index (χ4n) is 4.03. The molecule has 7 heteroatoms. The van der Waals surface area contributed by atoms with Crippen molar-refractivity contribution in [1.82, 2.24) is 10.2 Å². The van der Waals surface area contributed by atoms with Crippen LogP contribution in [0.3, 0.4) is 0 Å². The van der Waals surface area contributed by atoms with E-state index in [2.05, 4.69) is 5.32 Å². The molecule has 1 N–H and O–H groups in total. The second kappa shape index (κ2) is 7.56. The number of carbonyl (C=O) groups excluding carboxylic acids is 1. The largest absolute Gasteiger partial charge is 0.337 e. The van der Waals surface area contributed by atoms with Crippen molar-refractivity contribution in [3.63, 3.8) is 0 Å². The number of nitrogens with zero attached hydrogens (tertiary/aromatic N) is 2. The zero-order valence-electron chi connectivity index (χ0n) is 15.9. The van der Waals surface area contributed by atoms with Gasteiger partial charge in [-0.1, -0.05) is 24.3 Å². The van der Waals surface area contributed by atoms with Crippen LogP contribution in [-0.2, 0) is 10.0 Å². The first-order chi connectivity index (χ1) is 13.4. The fraction of sp³-hybridized carbons (Fsp3) is 0.381. The lowest BCUT2D eigenvalue weighted by Gasteiger charge is -2.25. The van der Waals surface area contributed by atoms with Gasteiger partial charge in [0.25, 0.3) is 15.9 Å². The minimum atomic E-state index is -3.74. The second-order valence-corrected chi connectivity index (χ2v) is 9.48. The molecule has 2 saturated heterocycles. The van der Waals surface area contributed by atoms with Gasteiger partial charge in [-0.05, 0) is 49.6 Å². The topological polar surface area (TPSA) is 69.7 Å². The van der Waals surface area contributed by atoms with Crippen LogP contribution < -0.4 is 9.62 Å². The van der Waals surface area contributed by atoms with Gasteiger partial charge in [0.05, 0.1) is 10.6 Å². The summed E-state index contributed by atoms with van der Waals surface area (Å²) >= 11 is 0. The average molecular weight is 400 g/mol. The Kier molecular flexibility index (Phi) is 5.12. The summed E-state index contributed by atoms with van der Waals surface area (Å²) in [7, 11) is -2.22. The van der Waals surface area contributed by atoms with Crippen molar-refractivity contribution < 1.29 is 13.2 Å². The third-order valence-electron chi connectivity index (χ3n) is 5.67. The maximum Gasteiger partial charge on any atom is 0.264 e. The number of nitrogens with one attached hydrogen (secondary N) is 1. The number of likely N-dealkylation sites (tertiary alicyclic amines) is 1. The SMILES string of the molecule is CN(c1ccccc1)S(=O)(=O)c1cccc(C(=O)N2CCC3CCC(C2)N3)c1. The number of benzene rings is 2. The van der Waals surface area contributed by atoms with Crippen LogP contribution in [0.5, 0.6) is 0 Å². The van der Waals surface area contributed by atoms with Gasteiger partial charge in [0.15, 0.2) is 0 Å². The molecule has 0 aliphatic carbocycles. The maximum absolute atomic E-state index is 13.0. The molecule has 2 heterocycles. The molecule has 2 bridgehead atoms. The van der Waals surface area contributed by atoms with Crippen molar-refractivity contribution in [3.8, 4) is 0 Å². The molecule has 2 aliphatic rings. The summed E-state index contributed by atoms with van der Waals surface area (Å²) in [6.45, 7) is 1.38. The van der Waals surface area contributed by atoms with Crippen molar-refractivity contribution in [3.05, 3.63) is 60.2 Å². The van der Waals surface area contributed by atoms with Crippen LogP contribution in [-0.4, -0.2) is 51.4 Å². The number of amides is 1. The molecule has 6 nitrogen and oxygen atoms in total. The van der Waals surface area contributed by atoms with Gasteiger partial charge in [0.2, 0.25) is 0 Å². The van der Waals surface area contributed by atoms with Crippen LogP contribution in [0.1, 0.15) is 29.6 Å². The minimum Gasteiger partial charge on any atom is -0.337 e. The lowest BCUT2D eigenvalue weighted by Crippen LogP contribution is -2.39. The lowest BCUT2D eigenvalue weighted by molar-refractivity contribution is 0.0748. The van der Waals surface area contributed by atoms with Crippen molar-refractivity contribution >= 4 is 21.6 Å². The Bertz CT molecular complexity index is 962. The Hall–Kier alpha value is -2.38. The van der Waals surface area contributed by atoms with Gasteiger partial charge in [-0.25, -0.2) is 8.42 Å². The van der Waals surface area contributed by atoms with E-state index in [0.29, 0.717) is 36.4 Å². The summed E-state index contributed by atoms with van der Waals surface area (Å²) in [5, 5.41) is 3.56. The van der Waals surface area contributed by atoms with Crippen LogP contribution in [0.2, 0.25) is 0 Å². The fourth-order valence-corrected chi connectivity index (χ4v) is 5.28. The molecule has 4 rings (SSSR count). The van der Waals surface area contributed by atoms with E-state index >= 15 is 0 Å². The molecule has 28 heavy (non-hydrogen) atoms. The van der Waals surface area contributed by atoms with E-state index in [4.69, 9.17) is 0 Å².